The van der Waals surface area contributed by atoms with E-state index < -0.39 is 66.6 Å². The normalized spacial score (nSPS) is 14.2. The number of nitrogens with one attached hydrogen (secondary N) is 2. The topological polar surface area (TPSA) is 222 Å². The Bertz CT molecular complexity index is 1460. The number of fused-ring (bicyclic) bond motifs is 1. The fraction of sp³-hybridized carbons (Fsp3) is 0.448. The number of carboxylic acids is 2. The van der Waals surface area contributed by atoms with Gasteiger partial charge in [-0.2, -0.15) is 0 Å². The molecule has 1 saturated heterocycles. The molecule has 0 aliphatic carbocycles. The monoisotopic (exact) mass is 629 g/mol. The predicted molar refractivity (Wildman–Crippen MR) is 155 cm³/mol. The third-order valence-corrected chi connectivity index (χ3v) is 7.00. The summed E-state index contributed by atoms with van der Waals surface area (Å²) >= 11 is 0. The molecule has 1 aliphatic heterocycles. The maximum atomic E-state index is 13.4. The van der Waals surface area contributed by atoms with Crippen molar-refractivity contribution in [3.8, 4) is 0 Å². The van der Waals surface area contributed by atoms with E-state index >= 15 is 0 Å². The fourth-order valence-electron chi connectivity index (χ4n) is 4.68. The molecule has 0 bridgehead atoms. The van der Waals surface area contributed by atoms with Crippen LogP contribution >= 0.6 is 0 Å². The number of amides is 4. The van der Waals surface area contributed by atoms with Gasteiger partial charge in [0.25, 0.3) is 11.8 Å². The molecule has 1 fully saturated rings. The molecule has 0 saturated carbocycles. The molecule has 4 amide bonds. The summed E-state index contributed by atoms with van der Waals surface area (Å²) in [6, 6.07) is 4.98. The molecule has 242 valence electrons. The molecule has 3 rings (SSSR count). The van der Waals surface area contributed by atoms with Crippen molar-refractivity contribution in [3.05, 3.63) is 41.6 Å². The van der Waals surface area contributed by atoms with Gasteiger partial charge in [0.2, 0.25) is 5.91 Å². The molecular formula is C29H35N5O11. The summed E-state index contributed by atoms with van der Waals surface area (Å²) in [5.74, 6) is -5.44. The summed E-state index contributed by atoms with van der Waals surface area (Å²) in [5, 5.41) is 23.6. The van der Waals surface area contributed by atoms with Gasteiger partial charge < -0.3 is 40.1 Å². The SMILES string of the molecule is CCOC(=O)N1CCN(C(=O)C(CCC(=O)O)NC(=O)c2cc(C(=O)NC(CCC(=O)O)C(=O)OC)c3ccccc3n2)CC1. The number of carbonyl (C=O) groups excluding carboxylic acids is 5. The van der Waals surface area contributed by atoms with Gasteiger partial charge in [0.15, 0.2) is 0 Å². The molecule has 16 nitrogen and oxygen atoms in total. The van der Waals surface area contributed by atoms with E-state index in [0.29, 0.717) is 5.39 Å². The van der Waals surface area contributed by atoms with Gasteiger partial charge in [-0.1, -0.05) is 18.2 Å². The van der Waals surface area contributed by atoms with E-state index in [1.54, 1.807) is 31.2 Å². The second-order valence-electron chi connectivity index (χ2n) is 10.0. The largest absolute Gasteiger partial charge is 0.481 e. The number of ether oxygens (including phenoxy) is 2. The minimum Gasteiger partial charge on any atom is -0.481 e. The molecular weight excluding hydrogens is 594 g/mol. The predicted octanol–water partition coefficient (Wildman–Crippen LogP) is 0.635. The summed E-state index contributed by atoms with van der Waals surface area (Å²) in [4.78, 5) is 94.0. The van der Waals surface area contributed by atoms with E-state index in [-0.39, 0.29) is 62.4 Å². The highest BCUT2D eigenvalue weighted by Crippen LogP contribution is 2.20. The number of carbonyl (C=O) groups is 7. The molecule has 4 N–H and O–H groups in total. The number of benzene rings is 1. The summed E-state index contributed by atoms with van der Waals surface area (Å²) in [7, 11) is 1.09. The zero-order chi connectivity index (χ0) is 33.1. The first kappa shape index (κ1) is 34.2. The highest BCUT2D eigenvalue weighted by molar-refractivity contribution is 6.09. The van der Waals surface area contributed by atoms with Gasteiger partial charge in [-0.15, -0.1) is 0 Å². The van der Waals surface area contributed by atoms with Crippen molar-refractivity contribution in [1.82, 2.24) is 25.4 Å². The van der Waals surface area contributed by atoms with Crippen molar-refractivity contribution in [1.29, 1.82) is 0 Å². The second kappa shape index (κ2) is 16.0. The average molecular weight is 630 g/mol. The first-order chi connectivity index (χ1) is 21.4. The molecule has 45 heavy (non-hydrogen) atoms. The van der Waals surface area contributed by atoms with Crippen molar-refractivity contribution in [2.24, 2.45) is 0 Å². The van der Waals surface area contributed by atoms with Crippen LogP contribution in [-0.2, 0) is 28.7 Å². The van der Waals surface area contributed by atoms with Crippen LogP contribution in [0.25, 0.3) is 10.9 Å². The number of esters is 1. The molecule has 1 aromatic heterocycles. The number of carboxylic acid groups (broad SMARTS) is 2. The standard InChI is InChI=1S/C29H35N5O11/c1-3-45-29(43)34-14-12-33(13-15-34)27(41)20(8-10-23(35)36)31-26(40)22-16-18(17-6-4-5-7-19(17)30-22)25(39)32-21(28(42)44-2)9-11-24(37)38/h4-7,16,20-21H,3,8-15H2,1-2H3,(H,31,40)(H,32,39)(H,35,36)(H,37,38). The minimum atomic E-state index is -1.29. The maximum Gasteiger partial charge on any atom is 0.409 e. The zero-order valence-electron chi connectivity index (χ0n) is 24.8. The fourth-order valence-corrected chi connectivity index (χ4v) is 4.68. The molecule has 2 aromatic rings. The quantitative estimate of drug-likeness (QED) is 0.224. The summed E-state index contributed by atoms with van der Waals surface area (Å²) in [6.07, 6.45) is -1.84. The molecule has 0 spiro atoms. The third kappa shape index (κ3) is 9.35. The number of para-hydroxylation sites is 1. The van der Waals surface area contributed by atoms with E-state index in [1.807, 2.05) is 0 Å². The first-order valence-corrected chi connectivity index (χ1v) is 14.2. The Kier molecular flexibility index (Phi) is 12.1. The molecule has 2 atom stereocenters. The van der Waals surface area contributed by atoms with Crippen LogP contribution in [0.15, 0.2) is 30.3 Å². The van der Waals surface area contributed by atoms with E-state index in [2.05, 4.69) is 20.4 Å². The van der Waals surface area contributed by atoms with Gasteiger partial charge >= 0.3 is 24.0 Å². The Labute approximate surface area is 257 Å². The molecule has 0 radical (unpaired) electrons. The molecule has 2 heterocycles. The Balaban J connectivity index is 1.85. The van der Waals surface area contributed by atoms with Crippen molar-refractivity contribution in [3.63, 3.8) is 0 Å². The van der Waals surface area contributed by atoms with Crippen LogP contribution in [0, 0.1) is 0 Å². The molecule has 2 unspecified atom stereocenters. The Morgan fingerprint density at radius 2 is 1.44 bits per heavy atom. The Morgan fingerprint density at radius 1 is 0.867 bits per heavy atom. The lowest BCUT2D eigenvalue weighted by molar-refractivity contribution is -0.144. The van der Waals surface area contributed by atoms with E-state index in [1.165, 1.54) is 9.80 Å². The number of pyridine rings is 1. The smallest absolute Gasteiger partial charge is 0.409 e. The second-order valence-corrected chi connectivity index (χ2v) is 10.0. The number of methoxy groups -OCH3 is 1. The zero-order valence-corrected chi connectivity index (χ0v) is 24.8. The van der Waals surface area contributed by atoms with Crippen LogP contribution in [0.3, 0.4) is 0 Å². The van der Waals surface area contributed by atoms with Crippen molar-refractivity contribution < 1.29 is 53.2 Å². The Hall–Kier alpha value is -5.28. The maximum absolute atomic E-state index is 13.4. The van der Waals surface area contributed by atoms with E-state index in [4.69, 9.17) is 9.84 Å². The number of rotatable bonds is 13. The van der Waals surface area contributed by atoms with Crippen LogP contribution in [0.4, 0.5) is 4.79 Å². The van der Waals surface area contributed by atoms with Crippen molar-refractivity contribution >= 4 is 52.6 Å². The molecule has 16 heteroatoms. The van der Waals surface area contributed by atoms with Crippen LogP contribution in [0.1, 0.15) is 53.5 Å². The molecule has 1 aliphatic rings. The van der Waals surface area contributed by atoms with Gasteiger partial charge in [0, 0.05) is 44.4 Å². The number of aliphatic carboxylic acids is 2. The number of aromatic nitrogens is 1. The number of hydrogen-bond acceptors (Lipinski definition) is 10. The van der Waals surface area contributed by atoms with Crippen molar-refractivity contribution in [2.45, 2.75) is 44.7 Å². The number of hydrogen-bond donors (Lipinski definition) is 4. The lowest BCUT2D eigenvalue weighted by Crippen LogP contribution is -2.56. The first-order valence-electron chi connectivity index (χ1n) is 14.2. The van der Waals surface area contributed by atoms with E-state index in [0.717, 1.165) is 13.2 Å². The van der Waals surface area contributed by atoms with Gasteiger partial charge in [-0.05, 0) is 31.9 Å². The van der Waals surface area contributed by atoms with Crippen LogP contribution in [0.2, 0.25) is 0 Å². The van der Waals surface area contributed by atoms with Crippen LogP contribution in [-0.4, -0.2) is 119 Å². The number of nitrogens with zero attached hydrogens (tertiary/aromatic N) is 3. The molecule has 1 aromatic carbocycles. The van der Waals surface area contributed by atoms with Gasteiger partial charge in [-0.3, -0.25) is 24.0 Å². The van der Waals surface area contributed by atoms with Crippen molar-refractivity contribution in [2.75, 3.05) is 39.9 Å². The van der Waals surface area contributed by atoms with Gasteiger partial charge in [-0.25, -0.2) is 14.6 Å². The highest BCUT2D eigenvalue weighted by Gasteiger charge is 2.32. The summed E-state index contributed by atoms with van der Waals surface area (Å²) in [5.41, 5.74) is -0.0864. The highest BCUT2D eigenvalue weighted by atomic mass is 16.6. The average Bonchev–Trinajstić information content (AvgIpc) is 3.03. The summed E-state index contributed by atoms with van der Waals surface area (Å²) < 4.78 is 9.68. The van der Waals surface area contributed by atoms with Crippen LogP contribution in [0.5, 0.6) is 0 Å². The minimum absolute atomic E-state index is 0.0570. The third-order valence-electron chi connectivity index (χ3n) is 7.00. The van der Waals surface area contributed by atoms with Gasteiger partial charge in [0.05, 0.1) is 24.8 Å². The van der Waals surface area contributed by atoms with E-state index in [9.17, 15) is 38.7 Å². The van der Waals surface area contributed by atoms with Crippen LogP contribution < -0.4 is 10.6 Å². The van der Waals surface area contributed by atoms with Gasteiger partial charge in [0.1, 0.15) is 17.8 Å². The Morgan fingerprint density at radius 3 is 2.04 bits per heavy atom. The lowest BCUT2D eigenvalue weighted by atomic mass is 10.0. The number of piperazine rings is 1. The lowest BCUT2D eigenvalue weighted by Gasteiger charge is -2.35. The summed E-state index contributed by atoms with van der Waals surface area (Å²) in [6.45, 7) is 2.53.